The Labute approximate surface area is 151 Å². The van der Waals surface area contributed by atoms with Crippen LogP contribution in [0, 0.1) is 0 Å². The number of hydrogen-bond acceptors (Lipinski definition) is 4. The van der Waals surface area contributed by atoms with E-state index in [1.165, 1.54) is 7.11 Å². The summed E-state index contributed by atoms with van der Waals surface area (Å²) in [5.74, 6) is -0.645. The lowest BCUT2D eigenvalue weighted by Gasteiger charge is -2.32. The molecule has 0 radical (unpaired) electrons. The molecule has 1 fully saturated rings. The number of methoxy groups -OCH3 is 1. The van der Waals surface area contributed by atoms with E-state index in [0.717, 1.165) is 10.0 Å². The van der Waals surface area contributed by atoms with Gasteiger partial charge >= 0.3 is 13.1 Å². The fourth-order valence-corrected chi connectivity index (χ4v) is 3.22. The van der Waals surface area contributed by atoms with Gasteiger partial charge in [0.1, 0.15) is 0 Å². The summed E-state index contributed by atoms with van der Waals surface area (Å²) in [5, 5.41) is 0.578. The normalized spacial score (nSPS) is 20.4. The highest BCUT2D eigenvalue weighted by Crippen LogP contribution is 2.43. The number of benzene rings is 1. The lowest BCUT2D eigenvalue weighted by Crippen LogP contribution is -2.41. The zero-order chi connectivity index (χ0) is 17.4. The van der Waals surface area contributed by atoms with E-state index in [2.05, 4.69) is 15.9 Å². The van der Waals surface area contributed by atoms with E-state index >= 15 is 0 Å². The Morgan fingerprint density at radius 3 is 2.39 bits per heavy atom. The summed E-state index contributed by atoms with van der Waals surface area (Å²) < 4.78 is 17.8. The maximum atomic E-state index is 11.9. The van der Waals surface area contributed by atoms with Gasteiger partial charge in [0.05, 0.1) is 29.8 Å². The average Bonchev–Trinajstić information content (AvgIpc) is 2.67. The highest BCUT2D eigenvalue weighted by molar-refractivity contribution is 9.10. The van der Waals surface area contributed by atoms with Gasteiger partial charge in [-0.05, 0) is 55.3 Å². The van der Waals surface area contributed by atoms with Crippen LogP contribution in [0.2, 0.25) is 5.02 Å². The van der Waals surface area contributed by atoms with Gasteiger partial charge in [-0.1, -0.05) is 23.7 Å². The second kappa shape index (κ2) is 6.75. The number of carbonyl (C=O) groups is 1. The molecular formula is C16H21BBrClO4. The largest absolute Gasteiger partial charge is 0.469 e. The predicted octanol–water partition coefficient (Wildman–Crippen LogP) is 4.38. The van der Waals surface area contributed by atoms with Crippen LogP contribution >= 0.6 is 27.5 Å². The molecule has 0 N–H and O–H groups in total. The van der Waals surface area contributed by atoms with Crippen molar-refractivity contribution in [2.45, 2.75) is 51.1 Å². The van der Waals surface area contributed by atoms with Crippen LogP contribution in [0.1, 0.15) is 45.5 Å². The summed E-state index contributed by atoms with van der Waals surface area (Å²) in [7, 11) is 0.810. The molecule has 4 nitrogen and oxygen atoms in total. The Kier molecular flexibility index (Phi) is 5.51. The highest BCUT2D eigenvalue weighted by atomic mass is 79.9. The molecule has 0 bridgehead atoms. The first-order valence-corrected chi connectivity index (χ1v) is 8.62. The van der Waals surface area contributed by atoms with Crippen molar-refractivity contribution >= 4 is 40.6 Å². The van der Waals surface area contributed by atoms with E-state index in [1.807, 2.05) is 39.8 Å². The van der Waals surface area contributed by atoms with Crippen LogP contribution < -0.4 is 0 Å². The first-order valence-electron chi connectivity index (χ1n) is 7.45. The minimum Gasteiger partial charge on any atom is -0.469 e. The Morgan fingerprint density at radius 1 is 1.30 bits per heavy atom. The second-order valence-electron chi connectivity index (χ2n) is 6.65. The van der Waals surface area contributed by atoms with Crippen molar-refractivity contribution in [2.75, 3.05) is 7.11 Å². The lowest BCUT2D eigenvalue weighted by molar-refractivity contribution is -0.140. The van der Waals surface area contributed by atoms with Crippen molar-refractivity contribution < 1.29 is 18.8 Å². The molecule has 0 aromatic heterocycles. The van der Waals surface area contributed by atoms with E-state index in [-0.39, 0.29) is 18.2 Å². The molecular weight excluding hydrogens is 382 g/mol. The number of esters is 1. The summed E-state index contributed by atoms with van der Waals surface area (Å²) in [6.07, 6.45) is 0.145. The topological polar surface area (TPSA) is 44.8 Å². The van der Waals surface area contributed by atoms with Gasteiger partial charge in [-0.15, -0.1) is 0 Å². The zero-order valence-electron chi connectivity index (χ0n) is 14.0. The summed E-state index contributed by atoms with van der Waals surface area (Å²) in [4.78, 5) is 11.9. The van der Waals surface area contributed by atoms with Crippen molar-refractivity contribution in [1.29, 1.82) is 0 Å². The molecule has 23 heavy (non-hydrogen) atoms. The number of rotatable bonds is 4. The first kappa shape index (κ1) is 18.8. The Hall–Kier alpha value is -0.555. The predicted molar refractivity (Wildman–Crippen MR) is 94.6 cm³/mol. The second-order valence-corrected chi connectivity index (χ2v) is 7.85. The molecule has 1 aromatic rings. The monoisotopic (exact) mass is 402 g/mol. The van der Waals surface area contributed by atoms with Crippen molar-refractivity contribution in [2.24, 2.45) is 0 Å². The Bertz CT molecular complexity index is 590. The standard InChI is InChI=1S/C16H21BBrClO4/c1-15(2)16(3,4)23-17(22-15)11(9-13(20)21-5)10-7-6-8-12(19)14(10)18/h6-8,11H,9H2,1-5H3. The number of carbonyl (C=O) groups excluding carboxylic acids is 1. The average molecular weight is 404 g/mol. The zero-order valence-corrected chi connectivity index (χ0v) is 16.3. The maximum Gasteiger partial charge on any atom is 0.466 e. The Balaban J connectivity index is 2.40. The fraction of sp³-hybridized carbons (Fsp3) is 0.562. The van der Waals surface area contributed by atoms with E-state index in [0.29, 0.717) is 5.02 Å². The molecule has 1 atom stereocenters. The van der Waals surface area contributed by atoms with Gasteiger partial charge in [-0.3, -0.25) is 4.79 Å². The lowest BCUT2D eigenvalue weighted by atomic mass is 9.66. The van der Waals surface area contributed by atoms with E-state index in [1.54, 1.807) is 6.07 Å². The molecule has 0 saturated carbocycles. The van der Waals surface area contributed by atoms with Crippen LogP contribution in [0.25, 0.3) is 0 Å². The molecule has 1 saturated heterocycles. The van der Waals surface area contributed by atoms with Crippen molar-refractivity contribution in [3.63, 3.8) is 0 Å². The van der Waals surface area contributed by atoms with Crippen LogP contribution in [0.4, 0.5) is 0 Å². The molecule has 126 valence electrons. The quantitative estimate of drug-likeness (QED) is 0.553. The molecule has 0 spiro atoms. The van der Waals surface area contributed by atoms with Crippen molar-refractivity contribution in [1.82, 2.24) is 0 Å². The fourth-order valence-electron chi connectivity index (χ4n) is 2.48. The van der Waals surface area contributed by atoms with Crippen LogP contribution in [0.15, 0.2) is 22.7 Å². The Morgan fingerprint density at radius 2 is 1.87 bits per heavy atom. The molecule has 1 unspecified atom stereocenters. The SMILES string of the molecule is COC(=O)CC(B1OC(C)(C)C(C)(C)O1)c1cccc(Cl)c1Br. The van der Waals surface area contributed by atoms with Gasteiger partial charge < -0.3 is 14.0 Å². The molecule has 0 aliphatic carbocycles. The van der Waals surface area contributed by atoms with Crippen LogP contribution in [-0.4, -0.2) is 31.4 Å². The summed E-state index contributed by atoms with van der Waals surface area (Å²) >= 11 is 9.70. The van der Waals surface area contributed by atoms with Crippen molar-refractivity contribution in [3.8, 4) is 0 Å². The molecule has 1 aliphatic heterocycles. The highest BCUT2D eigenvalue weighted by Gasteiger charge is 2.54. The number of halogens is 2. The van der Waals surface area contributed by atoms with Gasteiger partial charge in [-0.25, -0.2) is 0 Å². The molecule has 1 aromatic carbocycles. The van der Waals surface area contributed by atoms with Gasteiger partial charge in [0.15, 0.2) is 0 Å². The summed E-state index contributed by atoms with van der Waals surface area (Å²) in [6, 6.07) is 5.54. The maximum absolute atomic E-state index is 11.9. The minimum atomic E-state index is -0.561. The number of hydrogen-bond donors (Lipinski definition) is 0. The van der Waals surface area contributed by atoms with E-state index < -0.39 is 18.3 Å². The van der Waals surface area contributed by atoms with Crippen LogP contribution in [-0.2, 0) is 18.8 Å². The van der Waals surface area contributed by atoms with Gasteiger partial charge in [-0.2, -0.15) is 0 Å². The molecule has 1 heterocycles. The van der Waals surface area contributed by atoms with Crippen LogP contribution in [0.5, 0.6) is 0 Å². The van der Waals surface area contributed by atoms with Gasteiger partial charge in [0.25, 0.3) is 0 Å². The van der Waals surface area contributed by atoms with Gasteiger partial charge in [0.2, 0.25) is 0 Å². The van der Waals surface area contributed by atoms with E-state index in [9.17, 15) is 4.79 Å². The summed E-state index contributed by atoms with van der Waals surface area (Å²) in [6.45, 7) is 7.93. The smallest absolute Gasteiger partial charge is 0.466 e. The molecule has 7 heteroatoms. The molecule has 0 amide bonds. The van der Waals surface area contributed by atoms with Crippen molar-refractivity contribution in [3.05, 3.63) is 33.3 Å². The molecule has 2 rings (SSSR count). The number of ether oxygens (including phenoxy) is 1. The third-order valence-corrected chi connectivity index (χ3v) is 6.02. The third kappa shape index (κ3) is 3.76. The summed E-state index contributed by atoms with van der Waals surface area (Å²) in [5.41, 5.74) is -0.0878. The van der Waals surface area contributed by atoms with Crippen LogP contribution in [0.3, 0.4) is 0 Å². The van der Waals surface area contributed by atoms with E-state index in [4.69, 9.17) is 25.6 Å². The first-order chi connectivity index (χ1) is 10.6. The minimum absolute atomic E-state index is 0.145. The third-order valence-electron chi connectivity index (χ3n) is 4.60. The van der Waals surface area contributed by atoms with Gasteiger partial charge in [0, 0.05) is 10.3 Å². The molecule has 1 aliphatic rings.